The van der Waals surface area contributed by atoms with Crippen molar-refractivity contribution in [3.63, 3.8) is 0 Å². The number of rotatable bonds is 7. The highest BCUT2D eigenvalue weighted by atomic mass is 32.1. The van der Waals surface area contributed by atoms with Crippen molar-refractivity contribution in [3.8, 4) is 5.75 Å². The molecule has 1 atom stereocenters. The summed E-state index contributed by atoms with van der Waals surface area (Å²) in [4.78, 5) is 41.8. The van der Waals surface area contributed by atoms with E-state index in [1.165, 1.54) is 16.2 Å². The predicted octanol–water partition coefficient (Wildman–Crippen LogP) is 3.06. The number of hydrogen-bond donors (Lipinski definition) is 1. The van der Waals surface area contributed by atoms with Crippen LogP contribution in [0.4, 0.5) is 5.69 Å². The molecule has 2 saturated heterocycles. The Bertz CT molecular complexity index is 921. The number of hydrogen-bond acceptors (Lipinski definition) is 6. The van der Waals surface area contributed by atoms with Gasteiger partial charge >= 0.3 is 0 Å². The zero-order chi connectivity index (χ0) is 21.8. The minimum Gasteiger partial charge on any atom is -0.494 e. The second-order valence-electron chi connectivity index (χ2n) is 7.88. The molecule has 3 heterocycles. The molecule has 4 rings (SSSR count). The Morgan fingerprint density at radius 3 is 2.55 bits per heavy atom. The Kier molecular flexibility index (Phi) is 6.67. The molecule has 2 aliphatic rings. The van der Waals surface area contributed by atoms with Gasteiger partial charge in [-0.2, -0.15) is 0 Å². The number of nitrogens with one attached hydrogen (secondary N) is 1. The molecule has 3 amide bonds. The Balaban J connectivity index is 1.32. The molecule has 2 aromatic rings. The number of anilines is 1. The minimum atomic E-state index is -0.520. The largest absolute Gasteiger partial charge is 0.494 e. The van der Waals surface area contributed by atoms with Gasteiger partial charge in [0.15, 0.2) is 0 Å². The first-order chi connectivity index (χ1) is 15.1. The van der Waals surface area contributed by atoms with Gasteiger partial charge in [0, 0.05) is 19.1 Å². The maximum absolute atomic E-state index is 12.9. The number of amides is 3. The zero-order valence-corrected chi connectivity index (χ0v) is 18.4. The lowest BCUT2D eigenvalue weighted by molar-refractivity contribution is -0.121. The monoisotopic (exact) mass is 441 g/mol. The number of piperidine rings is 1. The summed E-state index contributed by atoms with van der Waals surface area (Å²) in [6.45, 7) is 3.96. The van der Waals surface area contributed by atoms with Gasteiger partial charge in [-0.05, 0) is 55.0 Å². The van der Waals surface area contributed by atoms with Crippen LogP contribution >= 0.6 is 11.3 Å². The number of carbonyl (C=O) groups excluding carboxylic acids is 3. The second kappa shape index (κ2) is 9.62. The second-order valence-corrected chi connectivity index (χ2v) is 8.82. The summed E-state index contributed by atoms with van der Waals surface area (Å²) in [5.41, 5.74) is 0.569. The SMILES string of the molecule is CCCOc1ccc(N2C(=O)CC(NC3CCN(C(=O)c4cccs4)CC3)C2=O)cc1. The Morgan fingerprint density at radius 2 is 1.90 bits per heavy atom. The van der Waals surface area contributed by atoms with Gasteiger partial charge in [0.2, 0.25) is 5.91 Å². The molecule has 0 bridgehead atoms. The third-order valence-corrected chi connectivity index (χ3v) is 6.52. The van der Waals surface area contributed by atoms with E-state index in [4.69, 9.17) is 4.74 Å². The van der Waals surface area contributed by atoms with E-state index in [1.54, 1.807) is 24.3 Å². The average molecular weight is 442 g/mol. The smallest absolute Gasteiger partial charge is 0.263 e. The van der Waals surface area contributed by atoms with Crippen molar-refractivity contribution in [1.29, 1.82) is 0 Å². The number of thiophene rings is 1. The molecule has 31 heavy (non-hydrogen) atoms. The lowest BCUT2D eigenvalue weighted by Crippen LogP contribution is -2.49. The first-order valence-corrected chi connectivity index (χ1v) is 11.6. The molecule has 7 nitrogen and oxygen atoms in total. The van der Waals surface area contributed by atoms with Crippen molar-refractivity contribution < 1.29 is 19.1 Å². The van der Waals surface area contributed by atoms with Gasteiger partial charge in [0.1, 0.15) is 5.75 Å². The average Bonchev–Trinajstić information content (AvgIpc) is 3.41. The van der Waals surface area contributed by atoms with Gasteiger partial charge < -0.3 is 15.0 Å². The lowest BCUT2D eigenvalue weighted by Gasteiger charge is -2.33. The van der Waals surface area contributed by atoms with Gasteiger partial charge in [0.05, 0.1) is 29.6 Å². The fourth-order valence-corrected chi connectivity index (χ4v) is 4.73. The number of likely N-dealkylation sites (tertiary alicyclic amines) is 1. The number of imide groups is 1. The Morgan fingerprint density at radius 1 is 1.16 bits per heavy atom. The molecule has 0 radical (unpaired) electrons. The summed E-state index contributed by atoms with van der Waals surface area (Å²) in [7, 11) is 0. The van der Waals surface area contributed by atoms with Gasteiger partial charge in [-0.25, -0.2) is 4.90 Å². The standard InChI is InChI=1S/C23H27N3O4S/c1-2-13-30-18-7-5-17(6-8-18)26-21(27)15-19(22(26)28)24-16-9-11-25(12-10-16)23(29)20-4-3-14-31-20/h3-8,14,16,19,24H,2,9-13,15H2,1H3. The summed E-state index contributed by atoms with van der Waals surface area (Å²) in [6, 6.07) is 10.4. The van der Waals surface area contributed by atoms with Crippen molar-refractivity contribution in [3.05, 3.63) is 46.7 Å². The number of benzene rings is 1. The third kappa shape index (κ3) is 4.80. The van der Waals surface area contributed by atoms with E-state index in [-0.39, 0.29) is 30.2 Å². The van der Waals surface area contributed by atoms with Crippen molar-refractivity contribution in [1.82, 2.24) is 10.2 Å². The summed E-state index contributed by atoms with van der Waals surface area (Å²) >= 11 is 1.45. The molecule has 2 fully saturated rings. The van der Waals surface area contributed by atoms with E-state index in [9.17, 15) is 14.4 Å². The molecule has 0 spiro atoms. The molecule has 2 aliphatic heterocycles. The minimum absolute atomic E-state index is 0.0677. The fraction of sp³-hybridized carbons (Fsp3) is 0.435. The van der Waals surface area contributed by atoms with Crippen LogP contribution in [0.2, 0.25) is 0 Å². The van der Waals surface area contributed by atoms with E-state index in [2.05, 4.69) is 5.32 Å². The van der Waals surface area contributed by atoms with Crippen molar-refractivity contribution in [2.45, 2.75) is 44.7 Å². The van der Waals surface area contributed by atoms with Crippen LogP contribution < -0.4 is 15.0 Å². The van der Waals surface area contributed by atoms with Crippen molar-refractivity contribution in [2.24, 2.45) is 0 Å². The molecule has 0 saturated carbocycles. The van der Waals surface area contributed by atoms with Crippen LogP contribution in [0.5, 0.6) is 5.75 Å². The van der Waals surface area contributed by atoms with Crippen LogP contribution in [0, 0.1) is 0 Å². The third-order valence-electron chi connectivity index (χ3n) is 5.67. The highest BCUT2D eigenvalue weighted by molar-refractivity contribution is 7.12. The first kappa shape index (κ1) is 21.5. The number of nitrogens with zero attached hydrogens (tertiary/aromatic N) is 2. The van der Waals surface area contributed by atoms with Crippen LogP contribution in [-0.4, -0.2) is 54.4 Å². The molecule has 0 aliphatic carbocycles. The number of ether oxygens (including phenoxy) is 1. The molecular weight excluding hydrogens is 414 g/mol. The van der Waals surface area contributed by atoms with E-state index < -0.39 is 6.04 Å². The zero-order valence-electron chi connectivity index (χ0n) is 17.6. The predicted molar refractivity (Wildman–Crippen MR) is 120 cm³/mol. The van der Waals surface area contributed by atoms with Gasteiger partial charge in [-0.3, -0.25) is 14.4 Å². The van der Waals surface area contributed by atoms with Crippen LogP contribution in [-0.2, 0) is 9.59 Å². The van der Waals surface area contributed by atoms with Crippen LogP contribution in [0.15, 0.2) is 41.8 Å². The van der Waals surface area contributed by atoms with E-state index in [0.29, 0.717) is 25.4 Å². The van der Waals surface area contributed by atoms with Crippen LogP contribution in [0.3, 0.4) is 0 Å². The lowest BCUT2D eigenvalue weighted by atomic mass is 10.0. The van der Waals surface area contributed by atoms with E-state index >= 15 is 0 Å². The fourth-order valence-electron chi connectivity index (χ4n) is 4.03. The molecule has 1 N–H and O–H groups in total. The van der Waals surface area contributed by atoms with Crippen LogP contribution in [0.1, 0.15) is 42.3 Å². The topological polar surface area (TPSA) is 79.0 Å². The highest BCUT2D eigenvalue weighted by Gasteiger charge is 2.40. The molecule has 164 valence electrons. The van der Waals surface area contributed by atoms with Gasteiger partial charge in [-0.1, -0.05) is 13.0 Å². The summed E-state index contributed by atoms with van der Waals surface area (Å²) in [5.74, 6) is 0.376. The van der Waals surface area contributed by atoms with Gasteiger partial charge in [0.25, 0.3) is 11.8 Å². The normalized spacial score (nSPS) is 19.8. The van der Waals surface area contributed by atoms with E-state index in [1.807, 2.05) is 29.3 Å². The highest BCUT2D eigenvalue weighted by Crippen LogP contribution is 2.26. The Hall–Kier alpha value is -2.71. The summed E-state index contributed by atoms with van der Waals surface area (Å²) in [6.07, 6.45) is 2.59. The van der Waals surface area contributed by atoms with Crippen LogP contribution in [0.25, 0.3) is 0 Å². The maximum Gasteiger partial charge on any atom is 0.263 e. The Labute approximate surface area is 186 Å². The molecular formula is C23H27N3O4S. The van der Waals surface area contributed by atoms with Crippen molar-refractivity contribution >= 4 is 34.7 Å². The summed E-state index contributed by atoms with van der Waals surface area (Å²) in [5, 5.41) is 5.26. The first-order valence-electron chi connectivity index (χ1n) is 10.8. The summed E-state index contributed by atoms with van der Waals surface area (Å²) < 4.78 is 5.57. The van der Waals surface area contributed by atoms with Crippen molar-refractivity contribution in [2.75, 3.05) is 24.6 Å². The molecule has 8 heteroatoms. The number of carbonyl (C=O) groups is 3. The quantitative estimate of drug-likeness (QED) is 0.668. The maximum atomic E-state index is 12.9. The van der Waals surface area contributed by atoms with Gasteiger partial charge in [-0.15, -0.1) is 11.3 Å². The molecule has 1 aromatic carbocycles. The molecule has 1 aromatic heterocycles. The molecule has 1 unspecified atom stereocenters. The van der Waals surface area contributed by atoms with E-state index in [0.717, 1.165) is 29.9 Å².